The van der Waals surface area contributed by atoms with E-state index in [0.717, 1.165) is 0 Å². The summed E-state index contributed by atoms with van der Waals surface area (Å²) in [6.45, 7) is 10.6. The molecule has 0 N–H and O–H groups in total. The molecule has 2 aliphatic heterocycles. The lowest BCUT2D eigenvalue weighted by atomic mass is 10.0. The van der Waals surface area contributed by atoms with Crippen molar-refractivity contribution < 1.29 is 28.2 Å². The smallest absolute Gasteiger partial charge is 0.261 e. The Kier molecular flexibility index (Phi) is 7.48. The quantitative estimate of drug-likeness (QED) is 0.546. The molecule has 1 fully saturated rings. The zero-order valence-electron chi connectivity index (χ0n) is 21.4. The maximum absolute atomic E-state index is 12.8. The van der Waals surface area contributed by atoms with Crippen LogP contribution in [0.25, 0.3) is 0 Å². The van der Waals surface area contributed by atoms with Crippen LogP contribution < -0.4 is 10.4 Å². The first kappa shape index (κ1) is 25.9. The van der Waals surface area contributed by atoms with Crippen LogP contribution in [0.3, 0.4) is 0 Å². The van der Waals surface area contributed by atoms with Crippen LogP contribution in [-0.4, -0.2) is 58.2 Å². The molecule has 0 radical (unpaired) electrons. The van der Waals surface area contributed by atoms with Gasteiger partial charge in [-0.1, -0.05) is 81.4 Å². The highest BCUT2D eigenvalue weighted by atomic mass is 28.4. The summed E-state index contributed by atoms with van der Waals surface area (Å²) in [5, 5.41) is 2.18. The second kappa shape index (κ2) is 10.1. The summed E-state index contributed by atoms with van der Waals surface area (Å²) in [5.74, 6) is -1.04. The highest BCUT2D eigenvalue weighted by molar-refractivity contribution is 6.99. The molecular weight excluding hydrogens is 460 g/mol. The van der Waals surface area contributed by atoms with Crippen molar-refractivity contribution in [2.45, 2.75) is 70.0 Å². The van der Waals surface area contributed by atoms with E-state index in [1.54, 1.807) is 13.2 Å². The molecule has 1 saturated heterocycles. The van der Waals surface area contributed by atoms with E-state index in [4.69, 9.17) is 23.4 Å². The summed E-state index contributed by atoms with van der Waals surface area (Å²) in [6.07, 6.45) is 0.538. The molecule has 0 bridgehead atoms. The number of benzene rings is 2. The molecule has 0 amide bonds. The summed E-state index contributed by atoms with van der Waals surface area (Å²) in [6, 6.07) is 20.9. The molecule has 7 heteroatoms. The molecule has 0 aliphatic carbocycles. The van der Waals surface area contributed by atoms with E-state index in [9.17, 15) is 4.79 Å². The van der Waals surface area contributed by atoms with Gasteiger partial charge < -0.3 is 23.4 Å². The molecule has 0 aromatic heterocycles. The largest absolute Gasteiger partial charge is 0.405 e. The number of ketones is 1. The maximum Gasteiger partial charge on any atom is 0.261 e. The molecule has 0 saturated carbocycles. The van der Waals surface area contributed by atoms with E-state index in [2.05, 4.69) is 69.3 Å². The standard InChI is InChI=1S/C28H36O6Si/c1-27(2,3)35(20-13-9-7-10-14-20,21-15-11-8-12-16-21)31-19-23-26(34-28(4,5)33-23)25-22(29)17-18-24(30-6)32-25/h7-18,23-26H,19H2,1-6H3/t23-,24+,25+,26+/m0/s1. The Hall–Kier alpha value is -2.13. The van der Waals surface area contributed by atoms with E-state index >= 15 is 0 Å². The molecule has 35 heavy (non-hydrogen) atoms. The van der Waals surface area contributed by atoms with Gasteiger partial charge in [0.2, 0.25) is 0 Å². The lowest BCUT2D eigenvalue weighted by Gasteiger charge is -2.43. The van der Waals surface area contributed by atoms with Gasteiger partial charge in [-0.2, -0.15) is 0 Å². The Morgan fingerprint density at radius 1 is 0.943 bits per heavy atom. The van der Waals surface area contributed by atoms with Crippen molar-refractivity contribution in [2.24, 2.45) is 0 Å². The minimum atomic E-state index is -2.78. The van der Waals surface area contributed by atoms with Gasteiger partial charge in [0.05, 0.1) is 6.61 Å². The van der Waals surface area contributed by atoms with Crippen LogP contribution in [-0.2, 0) is 28.2 Å². The van der Waals surface area contributed by atoms with Gasteiger partial charge in [0, 0.05) is 7.11 Å². The molecule has 0 spiro atoms. The average Bonchev–Trinajstić information content (AvgIpc) is 3.14. The maximum atomic E-state index is 12.8. The average molecular weight is 497 g/mol. The van der Waals surface area contributed by atoms with Crippen LogP contribution >= 0.6 is 0 Å². The predicted molar refractivity (Wildman–Crippen MR) is 137 cm³/mol. The molecule has 2 aromatic carbocycles. The molecule has 2 aromatic rings. The van der Waals surface area contributed by atoms with E-state index in [-0.39, 0.29) is 17.4 Å². The van der Waals surface area contributed by atoms with Gasteiger partial charge in [-0.15, -0.1) is 0 Å². The number of hydrogen-bond acceptors (Lipinski definition) is 6. The molecule has 4 atom stereocenters. The summed E-state index contributed by atoms with van der Waals surface area (Å²) in [4.78, 5) is 12.8. The number of carbonyl (C=O) groups excluding carboxylic acids is 1. The predicted octanol–water partition coefficient (Wildman–Crippen LogP) is 3.58. The molecule has 6 nitrogen and oxygen atoms in total. The number of hydrogen-bond donors (Lipinski definition) is 0. The van der Waals surface area contributed by atoms with Crippen molar-refractivity contribution in [1.82, 2.24) is 0 Å². The molecule has 188 valence electrons. The van der Waals surface area contributed by atoms with Gasteiger partial charge in [-0.05, 0) is 41.4 Å². The molecule has 0 unspecified atom stereocenters. The Morgan fingerprint density at radius 2 is 1.51 bits per heavy atom. The third kappa shape index (κ3) is 5.21. The lowest BCUT2D eigenvalue weighted by molar-refractivity contribution is -0.190. The van der Waals surface area contributed by atoms with Gasteiger partial charge >= 0.3 is 0 Å². The van der Waals surface area contributed by atoms with Crippen molar-refractivity contribution in [3.05, 3.63) is 72.8 Å². The fourth-order valence-electron chi connectivity index (χ4n) is 5.12. The monoisotopic (exact) mass is 496 g/mol. The zero-order valence-corrected chi connectivity index (χ0v) is 22.4. The highest BCUT2D eigenvalue weighted by Gasteiger charge is 2.53. The summed E-state index contributed by atoms with van der Waals surface area (Å²) >= 11 is 0. The third-order valence-electron chi connectivity index (χ3n) is 6.61. The minimum absolute atomic E-state index is 0.167. The fraction of sp³-hybridized carbons (Fsp3) is 0.464. The number of methoxy groups -OCH3 is 1. The second-order valence-corrected chi connectivity index (χ2v) is 14.8. The van der Waals surface area contributed by atoms with E-state index in [1.165, 1.54) is 16.4 Å². The first-order valence-corrected chi connectivity index (χ1v) is 14.0. The van der Waals surface area contributed by atoms with Crippen LogP contribution in [0.2, 0.25) is 5.04 Å². The van der Waals surface area contributed by atoms with Crippen molar-refractivity contribution in [1.29, 1.82) is 0 Å². The van der Waals surface area contributed by atoms with E-state index < -0.39 is 38.7 Å². The highest BCUT2D eigenvalue weighted by Crippen LogP contribution is 2.39. The molecular formula is C28H36O6Si. The Morgan fingerprint density at radius 3 is 2.03 bits per heavy atom. The van der Waals surface area contributed by atoms with Crippen molar-refractivity contribution in [3.63, 3.8) is 0 Å². The molecule has 2 aliphatic rings. The van der Waals surface area contributed by atoms with Gasteiger partial charge in [0.15, 0.2) is 24.0 Å². The topological polar surface area (TPSA) is 63.2 Å². The second-order valence-electron chi connectivity index (χ2n) is 10.5. The number of ether oxygens (including phenoxy) is 4. The fourth-order valence-corrected chi connectivity index (χ4v) is 9.69. The van der Waals surface area contributed by atoms with Gasteiger partial charge in [-0.3, -0.25) is 4.79 Å². The summed E-state index contributed by atoms with van der Waals surface area (Å²) in [7, 11) is -1.24. The van der Waals surface area contributed by atoms with Crippen molar-refractivity contribution >= 4 is 24.5 Å². The van der Waals surface area contributed by atoms with Crippen LogP contribution in [0.5, 0.6) is 0 Å². The summed E-state index contributed by atoms with van der Waals surface area (Å²) in [5.41, 5.74) is 0. The summed E-state index contributed by atoms with van der Waals surface area (Å²) < 4.78 is 30.8. The minimum Gasteiger partial charge on any atom is -0.405 e. The Balaban J connectivity index is 1.70. The number of rotatable bonds is 7. The number of carbonyl (C=O) groups is 1. The van der Waals surface area contributed by atoms with Crippen LogP contribution in [0.15, 0.2) is 72.8 Å². The van der Waals surface area contributed by atoms with Crippen LogP contribution in [0.4, 0.5) is 0 Å². The van der Waals surface area contributed by atoms with Gasteiger partial charge in [-0.25, -0.2) is 0 Å². The SMILES string of the molecule is CO[C@H]1C=CC(=O)[C@H]([C@@H]2OC(C)(C)O[C@H]2CO[Si](c2ccccc2)(c2ccccc2)C(C)(C)C)O1. The first-order valence-electron chi connectivity index (χ1n) is 12.1. The molecule has 4 rings (SSSR count). The third-order valence-corrected chi connectivity index (χ3v) is 11.6. The van der Waals surface area contributed by atoms with Crippen molar-refractivity contribution in [2.75, 3.05) is 13.7 Å². The van der Waals surface area contributed by atoms with Crippen molar-refractivity contribution in [3.8, 4) is 0 Å². The normalized spacial score (nSPS) is 26.7. The zero-order chi connectivity index (χ0) is 25.3. The van der Waals surface area contributed by atoms with Gasteiger partial charge in [0.1, 0.15) is 12.2 Å². The lowest BCUT2D eigenvalue weighted by Crippen LogP contribution is -2.67. The van der Waals surface area contributed by atoms with Crippen LogP contribution in [0.1, 0.15) is 34.6 Å². The van der Waals surface area contributed by atoms with Crippen LogP contribution in [0, 0.1) is 0 Å². The Bertz CT molecular complexity index is 991. The molecule has 2 heterocycles. The van der Waals surface area contributed by atoms with E-state index in [1.807, 2.05) is 26.0 Å². The first-order chi connectivity index (χ1) is 16.6. The van der Waals surface area contributed by atoms with Gasteiger partial charge in [0.25, 0.3) is 8.32 Å². The van der Waals surface area contributed by atoms with E-state index in [0.29, 0.717) is 0 Å². The Labute approximate surface area is 209 Å².